The summed E-state index contributed by atoms with van der Waals surface area (Å²) in [6.45, 7) is 0.284. The van der Waals surface area contributed by atoms with Crippen LogP contribution in [0.5, 0.6) is 5.75 Å². The van der Waals surface area contributed by atoms with E-state index in [0.29, 0.717) is 0 Å². The fraction of sp³-hybridized carbons (Fsp3) is 0.0833. The number of aromatic nitrogens is 1. The predicted molar refractivity (Wildman–Crippen MR) is 69.8 cm³/mol. The molecule has 0 radical (unpaired) electrons. The van der Waals surface area contributed by atoms with Crippen LogP contribution in [0.4, 0.5) is 0 Å². The zero-order valence-electron chi connectivity index (χ0n) is 9.45. The van der Waals surface area contributed by atoms with Gasteiger partial charge in [0.1, 0.15) is 6.61 Å². The van der Waals surface area contributed by atoms with E-state index in [1.54, 1.807) is 0 Å². The first-order valence-electron chi connectivity index (χ1n) is 5.35. The van der Waals surface area contributed by atoms with E-state index in [1.165, 1.54) is 12.3 Å². The molecule has 4 nitrogen and oxygen atoms in total. The van der Waals surface area contributed by atoms with Crippen molar-refractivity contribution in [3.63, 3.8) is 0 Å². The SMILES string of the molecule is OB(O)c1ccnc(Cl)c1OCc1ccccc1. The van der Waals surface area contributed by atoms with Gasteiger partial charge in [-0.05, 0) is 11.6 Å². The summed E-state index contributed by atoms with van der Waals surface area (Å²) < 4.78 is 5.50. The van der Waals surface area contributed by atoms with Gasteiger partial charge in [0.15, 0.2) is 10.9 Å². The van der Waals surface area contributed by atoms with E-state index in [4.69, 9.17) is 16.3 Å². The van der Waals surface area contributed by atoms with Crippen LogP contribution in [0, 0.1) is 0 Å². The van der Waals surface area contributed by atoms with Crippen LogP contribution in [-0.2, 0) is 6.61 Å². The molecule has 92 valence electrons. The van der Waals surface area contributed by atoms with Gasteiger partial charge >= 0.3 is 7.12 Å². The summed E-state index contributed by atoms with van der Waals surface area (Å²) in [5.74, 6) is 0.193. The molecule has 6 heteroatoms. The molecule has 0 aliphatic rings. The molecule has 0 amide bonds. The predicted octanol–water partition coefficient (Wildman–Crippen LogP) is 0.994. The standard InChI is InChI=1S/C12H11BClNO3/c14-12-11(10(13(16)17)6-7-15-12)18-8-9-4-2-1-3-5-9/h1-7,16-17H,8H2. The van der Waals surface area contributed by atoms with Gasteiger partial charge in [0, 0.05) is 11.7 Å². The molecular weight excluding hydrogens is 252 g/mol. The maximum Gasteiger partial charge on any atom is 0.492 e. The largest absolute Gasteiger partial charge is 0.492 e. The van der Waals surface area contributed by atoms with Crippen molar-refractivity contribution < 1.29 is 14.8 Å². The van der Waals surface area contributed by atoms with E-state index in [1.807, 2.05) is 30.3 Å². The molecule has 0 saturated heterocycles. The van der Waals surface area contributed by atoms with Crippen LogP contribution in [0.15, 0.2) is 42.6 Å². The number of hydrogen-bond acceptors (Lipinski definition) is 4. The maximum atomic E-state index is 9.22. The molecule has 0 atom stereocenters. The van der Waals surface area contributed by atoms with Crippen molar-refractivity contribution in [2.75, 3.05) is 0 Å². The van der Waals surface area contributed by atoms with Gasteiger partial charge in [-0.3, -0.25) is 0 Å². The quantitative estimate of drug-likeness (QED) is 0.638. The Bertz CT molecular complexity index is 522. The van der Waals surface area contributed by atoms with E-state index in [-0.39, 0.29) is 23.0 Å². The highest BCUT2D eigenvalue weighted by molar-refractivity contribution is 6.60. The van der Waals surface area contributed by atoms with Gasteiger partial charge in [0.05, 0.1) is 0 Å². The van der Waals surface area contributed by atoms with Gasteiger partial charge in [0.2, 0.25) is 0 Å². The zero-order chi connectivity index (χ0) is 13.0. The minimum Gasteiger partial charge on any atom is -0.486 e. The maximum absolute atomic E-state index is 9.22. The molecule has 1 heterocycles. The van der Waals surface area contributed by atoms with E-state index in [9.17, 15) is 10.0 Å². The molecule has 0 aliphatic heterocycles. The topological polar surface area (TPSA) is 62.6 Å². The Balaban J connectivity index is 2.19. The Morgan fingerprint density at radius 2 is 1.89 bits per heavy atom. The molecular formula is C12H11BClNO3. The molecule has 0 saturated carbocycles. The molecule has 0 bridgehead atoms. The molecule has 0 fully saturated rings. The Morgan fingerprint density at radius 1 is 1.17 bits per heavy atom. The lowest BCUT2D eigenvalue weighted by Gasteiger charge is -2.11. The highest BCUT2D eigenvalue weighted by atomic mass is 35.5. The van der Waals surface area contributed by atoms with Crippen molar-refractivity contribution in [2.24, 2.45) is 0 Å². The van der Waals surface area contributed by atoms with Crippen LogP contribution in [0.25, 0.3) is 0 Å². The zero-order valence-corrected chi connectivity index (χ0v) is 10.2. The van der Waals surface area contributed by atoms with Gasteiger partial charge in [-0.2, -0.15) is 0 Å². The van der Waals surface area contributed by atoms with Crippen molar-refractivity contribution >= 4 is 24.2 Å². The first kappa shape index (κ1) is 12.9. The molecule has 2 aromatic rings. The second-order valence-electron chi connectivity index (χ2n) is 3.67. The van der Waals surface area contributed by atoms with Gasteiger partial charge in [-0.25, -0.2) is 4.98 Å². The van der Waals surface area contributed by atoms with Gasteiger partial charge < -0.3 is 14.8 Å². The second kappa shape index (κ2) is 5.86. The number of rotatable bonds is 4. The van der Waals surface area contributed by atoms with E-state index >= 15 is 0 Å². The van der Waals surface area contributed by atoms with E-state index in [0.717, 1.165) is 5.56 Å². The van der Waals surface area contributed by atoms with E-state index < -0.39 is 7.12 Å². The van der Waals surface area contributed by atoms with Crippen molar-refractivity contribution in [2.45, 2.75) is 6.61 Å². The normalized spacial score (nSPS) is 10.2. The Morgan fingerprint density at radius 3 is 2.56 bits per heavy atom. The highest BCUT2D eigenvalue weighted by Gasteiger charge is 2.20. The number of nitrogens with zero attached hydrogens (tertiary/aromatic N) is 1. The molecule has 0 spiro atoms. The van der Waals surface area contributed by atoms with Crippen LogP contribution in [-0.4, -0.2) is 22.2 Å². The summed E-state index contributed by atoms with van der Waals surface area (Å²) in [5, 5.41) is 18.5. The first-order valence-corrected chi connectivity index (χ1v) is 5.73. The summed E-state index contributed by atoms with van der Waals surface area (Å²) in [5.41, 5.74) is 1.15. The summed E-state index contributed by atoms with van der Waals surface area (Å²) >= 11 is 5.88. The van der Waals surface area contributed by atoms with Crippen LogP contribution in [0.2, 0.25) is 5.15 Å². The number of halogens is 1. The van der Waals surface area contributed by atoms with Crippen LogP contribution in [0.1, 0.15) is 5.56 Å². The Labute approximate surface area is 110 Å². The minimum atomic E-state index is -1.64. The van der Waals surface area contributed by atoms with E-state index in [2.05, 4.69) is 4.98 Å². The third-order valence-electron chi connectivity index (χ3n) is 2.40. The fourth-order valence-electron chi connectivity index (χ4n) is 1.51. The number of ether oxygens (including phenoxy) is 1. The summed E-state index contributed by atoms with van der Waals surface area (Å²) in [6.07, 6.45) is 1.40. The number of hydrogen-bond donors (Lipinski definition) is 2. The van der Waals surface area contributed by atoms with Crippen LogP contribution >= 0.6 is 11.6 Å². The molecule has 2 N–H and O–H groups in total. The summed E-state index contributed by atoms with van der Waals surface area (Å²) in [7, 11) is -1.64. The average Bonchev–Trinajstić information content (AvgIpc) is 2.38. The van der Waals surface area contributed by atoms with Crippen LogP contribution in [0.3, 0.4) is 0 Å². The summed E-state index contributed by atoms with van der Waals surface area (Å²) in [4.78, 5) is 3.85. The monoisotopic (exact) mass is 263 g/mol. The lowest BCUT2D eigenvalue weighted by molar-refractivity contribution is 0.305. The van der Waals surface area contributed by atoms with Crippen molar-refractivity contribution in [3.05, 3.63) is 53.3 Å². The molecule has 1 aromatic carbocycles. The lowest BCUT2D eigenvalue weighted by Crippen LogP contribution is -2.31. The minimum absolute atomic E-state index is 0.108. The Kier molecular flexibility index (Phi) is 4.20. The second-order valence-corrected chi connectivity index (χ2v) is 4.03. The van der Waals surface area contributed by atoms with Gasteiger partial charge in [-0.15, -0.1) is 0 Å². The molecule has 0 unspecified atom stereocenters. The Hall–Kier alpha value is -1.56. The smallest absolute Gasteiger partial charge is 0.486 e. The number of benzene rings is 1. The lowest BCUT2D eigenvalue weighted by atomic mass is 9.80. The molecule has 18 heavy (non-hydrogen) atoms. The third kappa shape index (κ3) is 3.01. The molecule has 2 rings (SSSR count). The van der Waals surface area contributed by atoms with Crippen LogP contribution < -0.4 is 10.2 Å². The summed E-state index contributed by atoms with van der Waals surface area (Å²) in [6, 6.07) is 11.0. The molecule has 1 aromatic heterocycles. The van der Waals surface area contributed by atoms with Crippen molar-refractivity contribution in [1.29, 1.82) is 0 Å². The number of pyridine rings is 1. The fourth-order valence-corrected chi connectivity index (χ4v) is 1.73. The van der Waals surface area contributed by atoms with Crippen molar-refractivity contribution in [1.82, 2.24) is 4.98 Å². The third-order valence-corrected chi connectivity index (χ3v) is 2.66. The highest BCUT2D eigenvalue weighted by Crippen LogP contribution is 2.20. The van der Waals surface area contributed by atoms with Gasteiger partial charge in [-0.1, -0.05) is 41.9 Å². The van der Waals surface area contributed by atoms with Crippen molar-refractivity contribution in [3.8, 4) is 5.75 Å². The first-order chi connectivity index (χ1) is 8.68. The average molecular weight is 263 g/mol. The van der Waals surface area contributed by atoms with Gasteiger partial charge in [0.25, 0.3) is 0 Å². The molecule has 0 aliphatic carbocycles.